The lowest BCUT2D eigenvalue weighted by atomic mass is 10.1. The van der Waals surface area contributed by atoms with E-state index in [4.69, 9.17) is 0 Å². The summed E-state index contributed by atoms with van der Waals surface area (Å²) in [4.78, 5) is 25.5. The average Bonchev–Trinajstić information content (AvgIpc) is 3.17. The molecule has 1 N–H and O–H groups in total. The first-order chi connectivity index (χ1) is 13.5. The molecule has 4 aromatic rings. The number of nitrogens with zero attached hydrogens (tertiary/aromatic N) is 4. The molecular weight excluding hydrogens is 354 g/mol. The van der Waals surface area contributed by atoms with Gasteiger partial charge in [-0.25, -0.2) is 0 Å². The maximum absolute atomic E-state index is 12.8. The SMILES string of the molecule is Cc1ccc2c(c1)c(=O)c(C(=O)Nc1cccc(Cn3cccn3)c1)nn2C. The normalized spacial score (nSPS) is 10.9. The second kappa shape index (κ2) is 7.11. The molecule has 2 aromatic heterocycles. The van der Waals surface area contributed by atoms with Gasteiger partial charge in [0, 0.05) is 25.1 Å². The molecule has 2 heterocycles. The van der Waals surface area contributed by atoms with E-state index in [9.17, 15) is 9.59 Å². The fourth-order valence-corrected chi connectivity index (χ4v) is 3.16. The van der Waals surface area contributed by atoms with Crippen LogP contribution in [0.2, 0.25) is 0 Å². The fraction of sp³-hybridized carbons (Fsp3) is 0.143. The molecule has 0 atom stereocenters. The number of carbonyl (C=O) groups excluding carboxylic acids is 1. The minimum atomic E-state index is -0.528. The molecule has 7 nitrogen and oxygen atoms in total. The lowest BCUT2D eigenvalue weighted by Crippen LogP contribution is -2.26. The number of carbonyl (C=O) groups is 1. The molecule has 0 aliphatic carbocycles. The Morgan fingerprint density at radius 2 is 2.00 bits per heavy atom. The van der Waals surface area contributed by atoms with E-state index in [0.29, 0.717) is 23.1 Å². The minimum absolute atomic E-state index is 0.127. The van der Waals surface area contributed by atoms with Gasteiger partial charge in [-0.3, -0.25) is 19.0 Å². The first-order valence-corrected chi connectivity index (χ1v) is 8.86. The zero-order chi connectivity index (χ0) is 19.7. The quantitative estimate of drug-likeness (QED) is 0.596. The number of benzene rings is 2. The van der Waals surface area contributed by atoms with Crippen LogP contribution in [0.1, 0.15) is 21.6 Å². The molecule has 0 aliphatic heterocycles. The molecule has 1 amide bonds. The van der Waals surface area contributed by atoms with Crippen molar-refractivity contribution >= 4 is 22.5 Å². The third-order valence-corrected chi connectivity index (χ3v) is 4.51. The summed E-state index contributed by atoms with van der Waals surface area (Å²) in [6.07, 6.45) is 3.59. The van der Waals surface area contributed by atoms with Crippen LogP contribution in [0, 0.1) is 6.92 Å². The van der Waals surface area contributed by atoms with Crippen LogP contribution in [-0.4, -0.2) is 25.5 Å². The number of hydrogen-bond donors (Lipinski definition) is 1. The topological polar surface area (TPSA) is 81.8 Å². The average molecular weight is 373 g/mol. The van der Waals surface area contributed by atoms with Crippen LogP contribution >= 0.6 is 0 Å². The van der Waals surface area contributed by atoms with E-state index in [-0.39, 0.29) is 11.1 Å². The van der Waals surface area contributed by atoms with Crippen molar-refractivity contribution in [2.75, 3.05) is 5.32 Å². The number of fused-ring (bicyclic) bond motifs is 1. The molecule has 0 fully saturated rings. The molecule has 0 spiro atoms. The molecule has 0 unspecified atom stereocenters. The zero-order valence-electron chi connectivity index (χ0n) is 15.6. The maximum Gasteiger partial charge on any atom is 0.280 e. The number of aromatic nitrogens is 4. The molecule has 2 aromatic carbocycles. The zero-order valence-corrected chi connectivity index (χ0v) is 15.6. The number of amides is 1. The molecule has 28 heavy (non-hydrogen) atoms. The second-order valence-corrected chi connectivity index (χ2v) is 6.68. The van der Waals surface area contributed by atoms with E-state index in [0.717, 1.165) is 11.1 Å². The largest absolute Gasteiger partial charge is 0.320 e. The summed E-state index contributed by atoms with van der Waals surface area (Å²) in [5.74, 6) is -0.528. The van der Waals surface area contributed by atoms with Gasteiger partial charge in [-0.2, -0.15) is 10.2 Å². The molecular formula is C21H19N5O2. The van der Waals surface area contributed by atoms with Crippen molar-refractivity contribution in [2.24, 2.45) is 7.05 Å². The van der Waals surface area contributed by atoms with Crippen LogP contribution in [0.15, 0.2) is 65.7 Å². The van der Waals surface area contributed by atoms with E-state index in [1.165, 1.54) is 0 Å². The molecule has 0 saturated heterocycles. The summed E-state index contributed by atoms with van der Waals surface area (Å²) < 4.78 is 3.35. The molecule has 4 rings (SSSR count). The Kier molecular flexibility index (Phi) is 4.49. The Hall–Kier alpha value is -3.74. The first-order valence-electron chi connectivity index (χ1n) is 8.86. The molecule has 7 heteroatoms. The number of nitrogens with one attached hydrogen (secondary N) is 1. The summed E-state index contributed by atoms with van der Waals surface area (Å²) in [5.41, 5.74) is 2.72. The fourth-order valence-electron chi connectivity index (χ4n) is 3.16. The Balaban J connectivity index is 1.64. The van der Waals surface area contributed by atoms with Crippen molar-refractivity contribution in [3.63, 3.8) is 0 Å². The summed E-state index contributed by atoms with van der Waals surface area (Å²) in [7, 11) is 1.72. The van der Waals surface area contributed by atoms with Crippen molar-refractivity contribution in [3.8, 4) is 0 Å². The van der Waals surface area contributed by atoms with Crippen LogP contribution in [0.3, 0.4) is 0 Å². The molecule has 0 aliphatic rings. The first kappa shape index (κ1) is 17.7. The Morgan fingerprint density at radius 3 is 2.79 bits per heavy atom. The van der Waals surface area contributed by atoms with Crippen molar-refractivity contribution in [1.82, 2.24) is 19.6 Å². The summed E-state index contributed by atoms with van der Waals surface area (Å²) in [6, 6.07) is 14.8. The van der Waals surface area contributed by atoms with Crippen LogP contribution < -0.4 is 10.7 Å². The van der Waals surface area contributed by atoms with Gasteiger partial charge in [-0.15, -0.1) is 0 Å². The van der Waals surface area contributed by atoms with Crippen LogP contribution in [-0.2, 0) is 13.6 Å². The Morgan fingerprint density at radius 1 is 1.14 bits per heavy atom. The molecule has 0 saturated carbocycles. The number of hydrogen-bond acceptors (Lipinski definition) is 4. The number of rotatable bonds is 4. The standard InChI is InChI=1S/C21H19N5O2/c1-14-7-8-18-17(11-14)20(27)19(24-25(18)2)21(28)23-16-6-3-5-15(12-16)13-26-10-4-9-22-26/h3-12H,13H2,1-2H3,(H,23,28). The van der Waals surface area contributed by atoms with E-state index in [1.807, 2.05) is 49.5 Å². The monoisotopic (exact) mass is 373 g/mol. The van der Waals surface area contributed by atoms with Gasteiger partial charge in [0.25, 0.3) is 5.91 Å². The van der Waals surface area contributed by atoms with E-state index in [2.05, 4.69) is 15.5 Å². The minimum Gasteiger partial charge on any atom is -0.320 e. The number of anilines is 1. The van der Waals surface area contributed by atoms with Crippen LogP contribution in [0.5, 0.6) is 0 Å². The lowest BCUT2D eigenvalue weighted by molar-refractivity contribution is 0.101. The van der Waals surface area contributed by atoms with Crippen molar-refractivity contribution in [1.29, 1.82) is 0 Å². The third kappa shape index (κ3) is 3.42. The van der Waals surface area contributed by atoms with Crippen molar-refractivity contribution in [3.05, 3.63) is 88.0 Å². The highest BCUT2D eigenvalue weighted by Crippen LogP contribution is 2.14. The summed E-state index contributed by atoms with van der Waals surface area (Å²) in [6.45, 7) is 2.50. The van der Waals surface area contributed by atoms with Gasteiger partial charge in [0.15, 0.2) is 5.69 Å². The highest BCUT2D eigenvalue weighted by molar-refractivity contribution is 6.04. The Bertz CT molecular complexity index is 1230. The highest BCUT2D eigenvalue weighted by Gasteiger charge is 2.17. The predicted octanol–water partition coefficient (Wildman–Crippen LogP) is 2.74. The summed E-state index contributed by atoms with van der Waals surface area (Å²) in [5, 5.41) is 11.6. The Labute approximate surface area is 161 Å². The maximum atomic E-state index is 12.8. The third-order valence-electron chi connectivity index (χ3n) is 4.51. The van der Waals surface area contributed by atoms with Crippen LogP contribution in [0.4, 0.5) is 5.69 Å². The second-order valence-electron chi connectivity index (χ2n) is 6.68. The molecule has 0 bridgehead atoms. The van der Waals surface area contributed by atoms with Gasteiger partial charge in [0.05, 0.1) is 17.4 Å². The molecule has 0 radical (unpaired) electrons. The molecule has 140 valence electrons. The van der Waals surface area contributed by atoms with Crippen LogP contribution in [0.25, 0.3) is 10.9 Å². The predicted molar refractivity (Wildman–Crippen MR) is 107 cm³/mol. The smallest absolute Gasteiger partial charge is 0.280 e. The van der Waals surface area contributed by atoms with E-state index >= 15 is 0 Å². The van der Waals surface area contributed by atoms with Gasteiger partial charge in [-0.05, 0) is 42.8 Å². The van der Waals surface area contributed by atoms with E-state index < -0.39 is 5.91 Å². The van der Waals surface area contributed by atoms with Gasteiger partial charge in [-0.1, -0.05) is 23.8 Å². The summed E-state index contributed by atoms with van der Waals surface area (Å²) >= 11 is 0. The highest BCUT2D eigenvalue weighted by atomic mass is 16.2. The number of aryl methyl sites for hydroxylation is 2. The van der Waals surface area contributed by atoms with Crippen molar-refractivity contribution in [2.45, 2.75) is 13.5 Å². The van der Waals surface area contributed by atoms with Gasteiger partial charge < -0.3 is 5.32 Å². The van der Waals surface area contributed by atoms with E-state index in [1.54, 1.807) is 34.7 Å². The van der Waals surface area contributed by atoms with Gasteiger partial charge in [0.1, 0.15) is 0 Å². The lowest BCUT2D eigenvalue weighted by Gasteiger charge is -2.10. The van der Waals surface area contributed by atoms with Gasteiger partial charge >= 0.3 is 0 Å². The van der Waals surface area contributed by atoms with Gasteiger partial charge in [0.2, 0.25) is 5.43 Å². The van der Waals surface area contributed by atoms with Crippen molar-refractivity contribution < 1.29 is 4.79 Å².